The van der Waals surface area contributed by atoms with E-state index in [0.717, 1.165) is 28.4 Å². The number of carbonyl (C=O) groups is 4. The van der Waals surface area contributed by atoms with Crippen molar-refractivity contribution in [2.45, 2.75) is 0 Å². The van der Waals surface area contributed by atoms with Crippen LogP contribution in [0.5, 0.6) is 0 Å². The van der Waals surface area contributed by atoms with Crippen molar-refractivity contribution in [2.75, 3.05) is 35.0 Å². The number of nitro groups is 1. The Bertz CT molecular complexity index is 650. The predicted molar refractivity (Wildman–Crippen MR) is 77.5 cm³/mol. The molecule has 0 aromatic carbocycles. The van der Waals surface area contributed by atoms with Gasteiger partial charge in [0.25, 0.3) is 0 Å². The smallest absolute Gasteiger partial charge is 0.339 e. The summed E-state index contributed by atoms with van der Waals surface area (Å²) >= 11 is 0. The molecule has 25 heavy (non-hydrogen) atoms. The van der Waals surface area contributed by atoms with Crippen molar-refractivity contribution >= 4 is 23.9 Å². The maximum absolute atomic E-state index is 12.1. The summed E-state index contributed by atoms with van der Waals surface area (Å²) in [6.45, 7) is -0.962. The second-order valence-corrected chi connectivity index (χ2v) is 4.61. The Balaban J connectivity index is 3.86. The molecule has 0 fully saturated rings. The molecule has 0 heterocycles. The number of hydrogen-bond acceptors (Lipinski definition) is 10. The van der Waals surface area contributed by atoms with Gasteiger partial charge in [-0.1, -0.05) is 0 Å². The fourth-order valence-electron chi connectivity index (χ4n) is 2.43. The van der Waals surface area contributed by atoms with Gasteiger partial charge >= 0.3 is 23.9 Å². The van der Waals surface area contributed by atoms with E-state index in [1.54, 1.807) is 0 Å². The summed E-state index contributed by atoms with van der Waals surface area (Å²) in [6, 6.07) is 0. The molecule has 0 aliphatic heterocycles. The molecular formula is C14H15NO10. The van der Waals surface area contributed by atoms with Crippen molar-refractivity contribution in [3.63, 3.8) is 0 Å². The number of esters is 4. The van der Waals surface area contributed by atoms with Crippen LogP contribution in [0, 0.1) is 16.0 Å². The van der Waals surface area contributed by atoms with Gasteiger partial charge in [-0.2, -0.15) is 0 Å². The molecule has 0 aromatic rings. The van der Waals surface area contributed by atoms with E-state index in [-0.39, 0.29) is 0 Å². The molecule has 0 saturated carbocycles. The second kappa shape index (κ2) is 8.04. The van der Waals surface area contributed by atoms with Gasteiger partial charge in [-0.05, 0) is 0 Å². The summed E-state index contributed by atoms with van der Waals surface area (Å²) < 4.78 is 18.1. The Labute approximate surface area is 141 Å². The first kappa shape index (κ1) is 19.8. The highest BCUT2D eigenvalue weighted by molar-refractivity contribution is 6.19. The van der Waals surface area contributed by atoms with Gasteiger partial charge in [-0.15, -0.1) is 0 Å². The quantitative estimate of drug-likeness (QED) is 0.255. The molecule has 0 saturated heterocycles. The molecule has 0 N–H and O–H groups in total. The van der Waals surface area contributed by atoms with E-state index in [2.05, 4.69) is 18.9 Å². The molecule has 0 unspecified atom stereocenters. The molecule has 0 spiro atoms. The van der Waals surface area contributed by atoms with Crippen LogP contribution in [0.15, 0.2) is 22.3 Å². The number of carbonyl (C=O) groups excluding carboxylic acids is 4. The van der Waals surface area contributed by atoms with Gasteiger partial charge in [0.1, 0.15) is 0 Å². The maximum Gasteiger partial charge on any atom is 0.339 e. The fraction of sp³-hybridized carbons (Fsp3) is 0.429. The van der Waals surface area contributed by atoms with Crippen LogP contribution in [0.25, 0.3) is 0 Å². The van der Waals surface area contributed by atoms with Crippen LogP contribution < -0.4 is 0 Å². The first-order valence-electron chi connectivity index (χ1n) is 6.68. The van der Waals surface area contributed by atoms with E-state index >= 15 is 0 Å². The average molecular weight is 357 g/mol. The van der Waals surface area contributed by atoms with Crippen LogP contribution in [-0.4, -0.2) is 63.8 Å². The maximum atomic E-state index is 12.1. The SMILES string of the molecule is COC(=O)C1=C(C(=O)OC)C(C[N+](=O)[O-])C(C(=O)OC)=C1C(=O)OC. The summed E-state index contributed by atoms with van der Waals surface area (Å²) in [7, 11) is 3.89. The van der Waals surface area contributed by atoms with E-state index in [1.807, 2.05) is 0 Å². The van der Waals surface area contributed by atoms with E-state index in [0.29, 0.717) is 0 Å². The number of methoxy groups -OCH3 is 4. The number of hydrogen-bond donors (Lipinski definition) is 0. The Hall–Kier alpha value is -3.24. The standard InChI is InChI=1S/C14H15NO10/c1-22-11(16)7-6(5-15(20)21)8(12(17)23-2)10(14(19)25-4)9(7)13(18)24-3/h6H,5H2,1-4H3. The van der Waals surface area contributed by atoms with E-state index in [4.69, 9.17) is 0 Å². The monoisotopic (exact) mass is 357 g/mol. The molecule has 0 radical (unpaired) electrons. The minimum absolute atomic E-state index is 0.549. The van der Waals surface area contributed by atoms with E-state index < -0.39 is 63.6 Å². The number of rotatable bonds is 6. The van der Waals surface area contributed by atoms with Crippen LogP contribution in [-0.2, 0) is 38.1 Å². The topological polar surface area (TPSA) is 148 Å². The van der Waals surface area contributed by atoms with Crippen molar-refractivity contribution in [3.8, 4) is 0 Å². The lowest BCUT2D eigenvalue weighted by atomic mass is 9.94. The van der Waals surface area contributed by atoms with Crippen molar-refractivity contribution < 1.29 is 43.0 Å². The summed E-state index contributed by atoms with van der Waals surface area (Å²) in [5.74, 6) is -6.13. The van der Waals surface area contributed by atoms with Gasteiger partial charge in [0.2, 0.25) is 6.54 Å². The number of nitrogens with zero attached hydrogens (tertiary/aromatic N) is 1. The van der Waals surface area contributed by atoms with Gasteiger partial charge in [0, 0.05) is 4.92 Å². The van der Waals surface area contributed by atoms with E-state index in [9.17, 15) is 29.3 Å². The Kier molecular flexibility index (Phi) is 6.37. The van der Waals surface area contributed by atoms with Crippen molar-refractivity contribution in [3.05, 3.63) is 32.4 Å². The zero-order valence-corrected chi connectivity index (χ0v) is 13.8. The number of ether oxygens (including phenoxy) is 4. The third kappa shape index (κ3) is 3.65. The highest BCUT2D eigenvalue weighted by Gasteiger charge is 2.49. The molecule has 11 nitrogen and oxygen atoms in total. The summed E-state index contributed by atoms with van der Waals surface area (Å²) in [5.41, 5.74) is -2.36. The van der Waals surface area contributed by atoms with Gasteiger partial charge in [-0.25, -0.2) is 19.2 Å². The Morgan fingerprint density at radius 2 is 1.12 bits per heavy atom. The molecule has 0 atom stereocenters. The molecular weight excluding hydrogens is 342 g/mol. The molecule has 1 rings (SSSR count). The Morgan fingerprint density at radius 1 is 0.800 bits per heavy atom. The van der Waals surface area contributed by atoms with Crippen LogP contribution in [0.1, 0.15) is 0 Å². The average Bonchev–Trinajstić information content (AvgIpc) is 2.92. The molecule has 0 aromatic heterocycles. The molecule has 0 bridgehead atoms. The van der Waals surface area contributed by atoms with Gasteiger partial charge in [0.15, 0.2) is 0 Å². The summed E-state index contributed by atoms with van der Waals surface area (Å²) in [5, 5.41) is 11.0. The van der Waals surface area contributed by atoms with Crippen molar-refractivity contribution in [1.29, 1.82) is 0 Å². The van der Waals surface area contributed by atoms with Gasteiger partial charge < -0.3 is 18.9 Å². The molecule has 136 valence electrons. The van der Waals surface area contributed by atoms with Crippen LogP contribution in [0.3, 0.4) is 0 Å². The molecule has 11 heteroatoms. The third-order valence-corrected chi connectivity index (χ3v) is 3.41. The predicted octanol–water partition coefficient (Wildman–Crippen LogP) is -0.822. The summed E-state index contributed by atoms with van der Waals surface area (Å²) in [4.78, 5) is 58.6. The van der Waals surface area contributed by atoms with E-state index in [1.165, 1.54) is 0 Å². The highest BCUT2D eigenvalue weighted by atomic mass is 16.6. The molecule has 0 amide bonds. The minimum atomic E-state index is -1.54. The third-order valence-electron chi connectivity index (χ3n) is 3.41. The second-order valence-electron chi connectivity index (χ2n) is 4.61. The van der Waals surface area contributed by atoms with Gasteiger partial charge in [-0.3, -0.25) is 10.1 Å². The van der Waals surface area contributed by atoms with Crippen molar-refractivity contribution in [1.82, 2.24) is 0 Å². The lowest BCUT2D eigenvalue weighted by molar-refractivity contribution is -0.484. The minimum Gasteiger partial charge on any atom is -0.466 e. The zero-order chi connectivity index (χ0) is 19.3. The molecule has 1 aliphatic carbocycles. The first-order valence-corrected chi connectivity index (χ1v) is 6.68. The van der Waals surface area contributed by atoms with Crippen LogP contribution in [0.2, 0.25) is 0 Å². The normalized spacial score (nSPS) is 14.2. The largest absolute Gasteiger partial charge is 0.466 e. The van der Waals surface area contributed by atoms with Crippen LogP contribution in [0.4, 0.5) is 0 Å². The van der Waals surface area contributed by atoms with Crippen molar-refractivity contribution in [2.24, 2.45) is 5.92 Å². The van der Waals surface area contributed by atoms with Gasteiger partial charge in [0.05, 0.1) is 56.6 Å². The fourth-order valence-corrected chi connectivity index (χ4v) is 2.43. The molecule has 1 aliphatic rings. The van der Waals surface area contributed by atoms with Crippen LogP contribution >= 0.6 is 0 Å². The highest BCUT2D eigenvalue weighted by Crippen LogP contribution is 2.40. The first-order chi connectivity index (χ1) is 11.7. The lowest BCUT2D eigenvalue weighted by Gasteiger charge is -2.12. The zero-order valence-electron chi connectivity index (χ0n) is 13.8. The summed E-state index contributed by atoms with van der Waals surface area (Å²) in [6.07, 6.45) is 0. The lowest BCUT2D eigenvalue weighted by Crippen LogP contribution is -2.26. The Morgan fingerprint density at radius 3 is 1.36 bits per heavy atom.